The van der Waals surface area contributed by atoms with Gasteiger partial charge < -0.3 is 10.1 Å². The summed E-state index contributed by atoms with van der Waals surface area (Å²) in [6.45, 7) is 0.0901. The molecule has 2 aromatic rings. The van der Waals surface area contributed by atoms with E-state index in [1.54, 1.807) is 36.4 Å². The Balaban J connectivity index is 1.89. The standard InChI is InChI=1S/C17H16Cl2N2O4S/c1-26(23,24)21-9-8-16(25-15-7-6-11(18)10-14(15)21)17(22)20-13-5-3-2-4-12(13)19/h2-7,10,16H,8-9H2,1H3,(H,20,22)/t16-/m0/s1. The monoisotopic (exact) mass is 414 g/mol. The summed E-state index contributed by atoms with van der Waals surface area (Å²) >= 11 is 12.1. The fourth-order valence-electron chi connectivity index (χ4n) is 2.66. The van der Waals surface area contributed by atoms with E-state index in [1.165, 1.54) is 10.4 Å². The number of amides is 1. The zero-order chi connectivity index (χ0) is 18.9. The van der Waals surface area contributed by atoms with Crippen LogP contribution in [0, 0.1) is 0 Å². The van der Waals surface area contributed by atoms with Crippen LogP contribution in [-0.2, 0) is 14.8 Å². The lowest BCUT2D eigenvalue weighted by molar-refractivity contribution is -0.122. The van der Waals surface area contributed by atoms with Crippen LogP contribution in [-0.4, -0.2) is 33.2 Å². The molecule has 1 heterocycles. The van der Waals surface area contributed by atoms with Crippen molar-refractivity contribution in [1.29, 1.82) is 0 Å². The van der Waals surface area contributed by atoms with Crippen molar-refractivity contribution in [2.45, 2.75) is 12.5 Å². The molecule has 6 nitrogen and oxygen atoms in total. The maximum atomic E-state index is 12.6. The Hall–Kier alpha value is -1.96. The summed E-state index contributed by atoms with van der Waals surface area (Å²) in [4.78, 5) is 12.6. The Kier molecular flexibility index (Phi) is 5.32. The number of para-hydroxylation sites is 1. The average Bonchev–Trinajstić information content (AvgIpc) is 2.76. The summed E-state index contributed by atoms with van der Waals surface area (Å²) in [6, 6.07) is 11.5. The maximum absolute atomic E-state index is 12.6. The molecule has 1 aliphatic rings. The van der Waals surface area contributed by atoms with E-state index in [1.807, 2.05) is 0 Å². The predicted octanol–water partition coefficient (Wildman–Crippen LogP) is 3.55. The largest absolute Gasteiger partial charge is 0.478 e. The van der Waals surface area contributed by atoms with Crippen LogP contribution in [0.3, 0.4) is 0 Å². The Morgan fingerprint density at radius 2 is 1.96 bits per heavy atom. The highest BCUT2D eigenvalue weighted by molar-refractivity contribution is 7.92. The number of rotatable bonds is 3. The number of carbonyl (C=O) groups is 1. The first kappa shape index (κ1) is 18.8. The van der Waals surface area contributed by atoms with Gasteiger partial charge in [-0.3, -0.25) is 9.10 Å². The molecule has 0 spiro atoms. The van der Waals surface area contributed by atoms with E-state index in [-0.39, 0.29) is 18.7 Å². The minimum absolute atomic E-state index is 0.0901. The number of hydrogen-bond acceptors (Lipinski definition) is 4. The first-order chi connectivity index (χ1) is 12.3. The van der Waals surface area contributed by atoms with Crippen LogP contribution in [0.4, 0.5) is 11.4 Å². The van der Waals surface area contributed by atoms with Crippen LogP contribution in [0.25, 0.3) is 0 Å². The van der Waals surface area contributed by atoms with Crippen molar-refractivity contribution in [3.8, 4) is 5.75 Å². The van der Waals surface area contributed by atoms with Crippen LogP contribution in [0.2, 0.25) is 10.0 Å². The third-order valence-corrected chi connectivity index (χ3v) is 5.62. The van der Waals surface area contributed by atoms with Gasteiger partial charge in [-0.05, 0) is 30.3 Å². The third-order valence-electron chi connectivity index (χ3n) is 3.88. The fourth-order valence-corrected chi connectivity index (χ4v) is 3.94. The molecule has 1 N–H and O–H groups in total. The summed E-state index contributed by atoms with van der Waals surface area (Å²) in [5.41, 5.74) is 0.774. The van der Waals surface area contributed by atoms with Gasteiger partial charge in [0.15, 0.2) is 6.10 Å². The van der Waals surface area contributed by atoms with E-state index >= 15 is 0 Å². The Morgan fingerprint density at radius 3 is 2.65 bits per heavy atom. The molecule has 0 radical (unpaired) electrons. The molecule has 3 rings (SSSR count). The van der Waals surface area contributed by atoms with Crippen LogP contribution in [0.1, 0.15) is 6.42 Å². The van der Waals surface area contributed by atoms with Crippen LogP contribution in [0.15, 0.2) is 42.5 Å². The second-order valence-corrected chi connectivity index (χ2v) is 8.56. The van der Waals surface area contributed by atoms with Gasteiger partial charge in [-0.25, -0.2) is 8.42 Å². The van der Waals surface area contributed by atoms with E-state index < -0.39 is 22.0 Å². The van der Waals surface area contributed by atoms with E-state index in [2.05, 4.69) is 5.32 Å². The van der Waals surface area contributed by atoms with Gasteiger partial charge in [-0.2, -0.15) is 0 Å². The number of sulfonamides is 1. The molecule has 0 saturated heterocycles. The fraction of sp³-hybridized carbons (Fsp3) is 0.235. The molecular formula is C17H16Cl2N2O4S. The molecule has 138 valence electrons. The third kappa shape index (κ3) is 4.06. The zero-order valence-electron chi connectivity index (χ0n) is 13.8. The molecule has 0 fully saturated rings. The number of fused-ring (bicyclic) bond motifs is 1. The second kappa shape index (κ2) is 7.34. The Bertz CT molecular complexity index is 950. The lowest BCUT2D eigenvalue weighted by Crippen LogP contribution is -2.36. The smallest absolute Gasteiger partial charge is 0.265 e. The number of anilines is 2. The summed E-state index contributed by atoms with van der Waals surface area (Å²) < 4.78 is 31.3. The molecule has 1 aliphatic heterocycles. The highest BCUT2D eigenvalue weighted by Gasteiger charge is 2.31. The van der Waals surface area contributed by atoms with E-state index in [0.29, 0.717) is 21.4 Å². The zero-order valence-corrected chi connectivity index (χ0v) is 16.1. The molecule has 2 aromatic carbocycles. The Morgan fingerprint density at radius 1 is 1.23 bits per heavy atom. The Labute approximate surface area is 161 Å². The molecule has 1 amide bonds. The SMILES string of the molecule is CS(=O)(=O)N1CC[C@@H](C(=O)Nc2ccccc2Cl)Oc2ccc(Cl)cc21. The number of halogens is 2. The number of hydrogen-bond donors (Lipinski definition) is 1. The summed E-state index contributed by atoms with van der Waals surface area (Å²) in [5, 5.41) is 3.49. The van der Waals surface area contributed by atoms with Gasteiger partial charge in [0.1, 0.15) is 5.75 Å². The minimum Gasteiger partial charge on any atom is -0.478 e. The second-order valence-electron chi connectivity index (χ2n) is 5.81. The van der Waals surface area contributed by atoms with Gasteiger partial charge in [-0.15, -0.1) is 0 Å². The molecule has 0 aliphatic carbocycles. The summed E-state index contributed by atoms with van der Waals surface area (Å²) in [6.07, 6.45) is 0.398. The molecular weight excluding hydrogens is 399 g/mol. The summed E-state index contributed by atoms with van der Waals surface area (Å²) in [5.74, 6) is -0.133. The van der Waals surface area contributed by atoms with Crippen molar-refractivity contribution < 1.29 is 17.9 Å². The van der Waals surface area contributed by atoms with Crippen molar-refractivity contribution >= 4 is 50.5 Å². The van der Waals surface area contributed by atoms with Gasteiger partial charge in [0.2, 0.25) is 10.0 Å². The van der Waals surface area contributed by atoms with Gasteiger partial charge in [0.25, 0.3) is 5.91 Å². The van der Waals surface area contributed by atoms with Gasteiger partial charge >= 0.3 is 0 Å². The molecule has 0 saturated carbocycles. The van der Waals surface area contributed by atoms with Crippen LogP contribution >= 0.6 is 23.2 Å². The van der Waals surface area contributed by atoms with Crippen molar-refractivity contribution in [2.75, 3.05) is 22.4 Å². The van der Waals surface area contributed by atoms with Gasteiger partial charge in [-0.1, -0.05) is 35.3 Å². The van der Waals surface area contributed by atoms with Gasteiger partial charge in [0, 0.05) is 18.0 Å². The van der Waals surface area contributed by atoms with E-state index in [9.17, 15) is 13.2 Å². The quantitative estimate of drug-likeness (QED) is 0.832. The van der Waals surface area contributed by atoms with E-state index in [4.69, 9.17) is 27.9 Å². The lowest BCUT2D eigenvalue weighted by atomic mass is 10.2. The van der Waals surface area contributed by atoms with E-state index in [0.717, 1.165) is 6.26 Å². The van der Waals surface area contributed by atoms with Crippen molar-refractivity contribution in [2.24, 2.45) is 0 Å². The molecule has 0 bridgehead atoms. The minimum atomic E-state index is -3.55. The number of ether oxygens (including phenoxy) is 1. The molecule has 1 atom stereocenters. The lowest BCUT2D eigenvalue weighted by Gasteiger charge is -2.21. The number of carbonyl (C=O) groups excluding carboxylic acids is 1. The van der Waals surface area contributed by atoms with Gasteiger partial charge in [0.05, 0.1) is 22.7 Å². The normalized spacial score (nSPS) is 17.0. The number of nitrogens with zero attached hydrogens (tertiary/aromatic N) is 1. The predicted molar refractivity (Wildman–Crippen MR) is 103 cm³/mol. The summed E-state index contributed by atoms with van der Waals surface area (Å²) in [7, 11) is -3.55. The van der Waals surface area contributed by atoms with Crippen molar-refractivity contribution in [1.82, 2.24) is 0 Å². The first-order valence-corrected chi connectivity index (χ1v) is 10.4. The first-order valence-electron chi connectivity index (χ1n) is 7.75. The van der Waals surface area contributed by atoms with Crippen LogP contribution in [0.5, 0.6) is 5.75 Å². The van der Waals surface area contributed by atoms with Crippen molar-refractivity contribution in [3.05, 3.63) is 52.5 Å². The highest BCUT2D eigenvalue weighted by atomic mass is 35.5. The van der Waals surface area contributed by atoms with Crippen LogP contribution < -0.4 is 14.4 Å². The average molecular weight is 415 g/mol. The van der Waals surface area contributed by atoms with Crippen molar-refractivity contribution in [3.63, 3.8) is 0 Å². The molecule has 0 aromatic heterocycles. The topological polar surface area (TPSA) is 75.7 Å². The molecule has 26 heavy (non-hydrogen) atoms. The maximum Gasteiger partial charge on any atom is 0.265 e. The number of benzene rings is 2. The molecule has 0 unspecified atom stereocenters. The number of nitrogens with one attached hydrogen (secondary N) is 1. The molecule has 9 heteroatoms. The highest BCUT2D eigenvalue weighted by Crippen LogP contribution is 2.36.